The van der Waals surface area contributed by atoms with Crippen molar-refractivity contribution >= 4 is 27.5 Å². The van der Waals surface area contributed by atoms with Crippen molar-refractivity contribution < 1.29 is 9.53 Å². The fourth-order valence-corrected chi connectivity index (χ4v) is 3.51. The van der Waals surface area contributed by atoms with Crippen LogP contribution in [0.15, 0.2) is 53.0 Å². The molecule has 2 aromatic rings. The number of hydrogen-bond acceptors (Lipinski definition) is 3. The number of benzene rings is 2. The molecule has 132 valence electrons. The fourth-order valence-electron chi connectivity index (χ4n) is 3.24. The molecule has 0 radical (unpaired) electrons. The second-order valence-corrected chi connectivity index (χ2v) is 7.31. The standard InChI is InChI=1S/C20H23BrN2O2/c1-25-19-7-3-2-6-18(19)22-20(24)16-5-4-12-23(14-16)13-15-8-10-17(21)11-9-15/h2-3,6-11,16H,4-5,12-14H2,1H3,(H,22,24). The van der Waals surface area contributed by atoms with Crippen LogP contribution in [0.3, 0.4) is 0 Å². The lowest BCUT2D eigenvalue weighted by Gasteiger charge is -2.32. The third kappa shape index (κ3) is 4.83. The highest BCUT2D eigenvalue weighted by Crippen LogP contribution is 2.26. The van der Waals surface area contributed by atoms with Crippen molar-refractivity contribution in [2.24, 2.45) is 5.92 Å². The zero-order valence-electron chi connectivity index (χ0n) is 14.4. The van der Waals surface area contributed by atoms with Crippen molar-refractivity contribution in [2.75, 3.05) is 25.5 Å². The maximum absolute atomic E-state index is 12.7. The Morgan fingerprint density at radius 2 is 2.00 bits per heavy atom. The molecule has 1 fully saturated rings. The van der Waals surface area contributed by atoms with Crippen LogP contribution in [0.1, 0.15) is 18.4 Å². The number of rotatable bonds is 5. The molecule has 1 aliphatic heterocycles. The first-order valence-electron chi connectivity index (χ1n) is 8.56. The van der Waals surface area contributed by atoms with Crippen LogP contribution in [-0.2, 0) is 11.3 Å². The van der Waals surface area contributed by atoms with E-state index in [0.717, 1.165) is 42.6 Å². The van der Waals surface area contributed by atoms with Gasteiger partial charge in [-0.15, -0.1) is 0 Å². The third-order valence-electron chi connectivity index (χ3n) is 4.56. The van der Waals surface area contributed by atoms with Crippen LogP contribution in [0.2, 0.25) is 0 Å². The number of para-hydroxylation sites is 2. The van der Waals surface area contributed by atoms with Gasteiger partial charge in [0.05, 0.1) is 18.7 Å². The number of halogens is 1. The summed E-state index contributed by atoms with van der Waals surface area (Å²) in [4.78, 5) is 15.0. The largest absolute Gasteiger partial charge is 0.495 e. The predicted molar refractivity (Wildman–Crippen MR) is 104 cm³/mol. The van der Waals surface area contributed by atoms with E-state index in [0.29, 0.717) is 5.75 Å². The summed E-state index contributed by atoms with van der Waals surface area (Å²) in [5.41, 5.74) is 2.01. The highest BCUT2D eigenvalue weighted by Gasteiger charge is 2.26. The van der Waals surface area contributed by atoms with E-state index in [1.165, 1.54) is 5.56 Å². The van der Waals surface area contributed by atoms with Gasteiger partial charge in [-0.05, 0) is 49.2 Å². The Balaban J connectivity index is 1.60. The molecule has 1 saturated heterocycles. The molecule has 2 aromatic carbocycles. The van der Waals surface area contributed by atoms with Gasteiger partial charge in [0.1, 0.15) is 5.75 Å². The number of methoxy groups -OCH3 is 1. The van der Waals surface area contributed by atoms with Gasteiger partial charge in [0.25, 0.3) is 0 Å². The maximum atomic E-state index is 12.7. The van der Waals surface area contributed by atoms with E-state index >= 15 is 0 Å². The lowest BCUT2D eigenvalue weighted by atomic mass is 9.96. The van der Waals surface area contributed by atoms with Gasteiger partial charge < -0.3 is 10.1 Å². The third-order valence-corrected chi connectivity index (χ3v) is 5.09. The minimum absolute atomic E-state index is 0.00844. The SMILES string of the molecule is COc1ccccc1NC(=O)C1CCCN(Cc2ccc(Br)cc2)C1. The molecule has 1 atom stereocenters. The minimum Gasteiger partial charge on any atom is -0.495 e. The molecule has 5 heteroatoms. The van der Waals surface area contributed by atoms with Crippen LogP contribution < -0.4 is 10.1 Å². The smallest absolute Gasteiger partial charge is 0.228 e. The van der Waals surface area contributed by atoms with Crippen LogP contribution in [-0.4, -0.2) is 31.0 Å². The number of hydrogen-bond donors (Lipinski definition) is 1. The summed E-state index contributed by atoms with van der Waals surface area (Å²) in [5.74, 6) is 0.775. The second-order valence-electron chi connectivity index (χ2n) is 6.39. The molecule has 4 nitrogen and oxygen atoms in total. The van der Waals surface area contributed by atoms with Crippen molar-refractivity contribution in [3.05, 3.63) is 58.6 Å². The van der Waals surface area contributed by atoms with Crippen molar-refractivity contribution in [3.8, 4) is 5.75 Å². The number of carbonyl (C=O) groups is 1. The fraction of sp³-hybridized carbons (Fsp3) is 0.350. The summed E-state index contributed by atoms with van der Waals surface area (Å²) in [7, 11) is 1.62. The van der Waals surface area contributed by atoms with Gasteiger partial charge in [-0.3, -0.25) is 9.69 Å². The Kier molecular flexibility index (Phi) is 6.10. The molecule has 0 spiro atoms. The van der Waals surface area contributed by atoms with Gasteiger partial charge in [-0.1, -0.05) is 40.2 Å². The van der Waals surface area contributed by atoms with Gasteiger partial charge in [0, 0.05) is 17.6 Å². The zero-order valence-corrected chi connectivity index (χ0v) is 16.0. The van der Waals surface area contributed by atoms with Crippen LogP contribution in [0.4, 0.5) is 5.69 Å². The molecule has 3 rings (SSSR count). The molecule has 0 saturated carbocycles. The summed E-state index contributed by atoms with van der Waals surface area (Å²) in [5, 5.41) is 3.03. The summed E-state index contributed by atoms with van der Waals surface area (Å²) >= 11 is 3.47. The number of likely N-dealkylation sites (tertiary alicyclic amines) is 1. The molecule has 25 heavy (non-hydrogen) atoms. The quantitative estimate of drug-likeness (QED) is 0.809. The summed E-state index contributed by atoms with van der Waals surface area (Å²) in [6.07, 6.45) is 1.97. The van der Waals surface area contributed by atoms with Gasteiger partial charge in [-0.25, -0.2) is 0 Å². The maximum Gasteiger partial charge on any atom is 0.228 e. The van der Waals surface area contributed by atoms with Gasteiger partial charge in [0.15, 0.2) is 0 Å². The Morgan fingerprint density at radius 1 is 1.24 bits per heavy atom. The second kappa shape index (κ2) is 8.50. The lowest BCUT2D eigenvalue weighted by molar-refractivity contribution is -0.121. The molecule has 1 heterocycles. The molecular formula is C20H23BrN2O2. The van der Waals surface area contributed by atoms with Crippen molar-refractivity contribution in [2.45, 2.75) is 19.4 Å². The Hall–Kier alpha value is -1.85. The Labute approximate surface area is 157 Å². The van der Waals surface area contributed by atoms with Gasteiger partial charge in [0.2, 0.25) is 5.91 Å². The average molecular weight is 403 g/mol. The number of nitrogens with one attached hydrogen (secondary N) is 1. The lowest BCUT2D eigenvalue weighted by Crippen LogP contribution is -2.40. The van der Waals surface area contributed by atoms with Crippen molar-refractivity contribution in [1.82, 2.24) is 4.90 Å². The molecule has 1 N–H and O–H groups in total. The Morgan fingerprint density at radius 3 is 2.76 bits per heavy atom. The van der Waals surface area contributed by atoms with Crippen LogP contribution in [0, 0.1) is 5.92 Å². The summed E-state index contributed by atoms with van der Waals surface area (Å²) in [6, 6.07) is 15.9. The average Bonchev–Trinajstić information content (AvgIpc) is 2.64. The van der Waals surface area contributed by atoms with Crippen molar-refractivity contribution in [3.63, 3.8) is 0 Å². The van der Waals surface area contributed by atoms with E-state index in [9.17, 15) is 4.79 Å². The molecule has 0 aromatic heterocycles. The first kappa shape index (κ1) is 18.0. The molecule has 1 aliphatic rings. The molecule has 0 bridgehead atoms. The van der Waals surface area contributed by atoms with Gasteiger partial charge in [-0.2, -0.15) is 0 Å². The van der Waals surface area contributed by atoms with Gasteiger partial charge >= 0.3 is 0 Å². The predicted octanol–water partition coefficient (Wildman–Crippen LogP) is 4.31. The monoisotopic (exact) mass is 402 g/mol. The summed E-state index contributed by atoms with van der Waals surface area (Å²) in [6.45, 7) is 2.71. The first-order chi connectivity index (χ1) is 12.2. The molecule has 1 unspecified atom stereocenters. The number of amides is 1. The number of piperidine rings is 1. The number of anilines is 1. The zero-order chi connectivity index (χ0) is 17.6. The van der Waals surface area contributed by atoms with E-state index in [-0.39, 0.29) is 11.8 Å². The van der Waals surface area contributed by atoms with Crippen LogP contribution >= 0.6 is 15.9 Å². The van der Waals surface area contributed by atoms with E-state index in [2.05, 4.69) is 50.4 Å². The minimum atomic E-state index is 0.00844. The molecule has 0 aliphatic carbocycles. The topological polar surface area (TPSA) is 41.6 Å². The normalized spacial score (nSPS) is 17.9. The van der Waals surface area contributed by atoms with E-state index in [1.807, 2.05) is 24.3 Å². The molecule has 1 amide bonds. The Bertz CT molecular complexity index is 718. The number of nitrogens with zero attached hydrogens (tertiary/aromatic N) is 1. The van der Waals surface area contributed by atoms with E-state index in [1.54, 1.807) is 7.11 Å². The molecular weight excluding hydrogens is 380 g/mol. The highest BCUT2D eigenvalue weighted by molar-refractivity contribution is 9.10. The first-order valence-corrected chi connectivity index (χ1v) is 9.35. The number of ether oxygens (including phenoxy) is 1. The van der Waals surface area contributed by atoms with Crippen molar-refractivity contribution in [1.29, 1.82) is 0 Å². The van der Waals surface area contributed by atoms with E-state index < -0.39 is 0 Å². The number of carbonyl (C=O) groups excluding carboxylic acids is 1. The van der Waals surface area contributed by atoms with Crippen LogP contribution in [0.5, 0.6) is 5.75 Å². The van der Waals surface area contributed by atoms with E-state index in [4.69, 9.17) is 4.74 Å². The highest BCUT2D eigenvalue weighted by atomic mass is 79.9. The van der Waals surface area contributed by atoms with Crippen LogP contribution in [0.25, 0.3) is 0 Å². The summed E-state index contributed by atoms with van der Waals surface area (Å²) < 4.78 is 6.40.